The monoisotopic (exact) mass is 219 g/mol. The molecular formula is C10H18ClNO2. The fourth-order valence-electron chi connectivity index (χ4n) is 1.78. The Morgan fingerprint density at radius 3 is 2.93 bits per heavy atom. The molecule has 1 rings (SSSR count). The van der Waals surface area contributed by atoms with Crippen molar-refractivity contribution in [2.24, 2.45) is 5.92 Å². The molecule has 0 spiro atoms. The molecular weight excluding hydrogens is 202 g/mol. The maximum atomic E-state index is 11.6. The summed E-state index contributed by atoms with van der Waals surface area (Å²) in [6, 6.07) is 0. The summed E-state index contributed by atoms with van der Waals surface area (Å²) in [6.45, 7) is 3.28. The van der Waals surface area contributed by atoms with Gasteiger partial charge in [-0.05, 0) is 19.8 Å². The lowest BCUT2D eigenvalue weighted by molar-refractivity contribution is -0.130. The Kier molecular flexibility index (Phi) is 4.69. The first kappa shape index (κ1) is 11.8. The predicted molar refractivity (Wildman–Crippen MR) is 56.3 cm³/mol. The van der Waals surface area contributed by atoms with Crippen molar-refractivity contribution < 1.29 is 9.90 Å². The number of likely N-dealkylation sites (tertiary alicyclic amines) is 1. The van der Waals surface area contributed by atoms with E-state index < -0.39 is 0 Å². The molecule has 3 nitrogen and oxygen atoms in total. The molecule has 2 atom stereocenters. The van der Waals surface area contributed by atoms with E-state index in [1.807, 2.05) is 4.90 Å². The third kappa shape index (κ3) is 3.14. The van der Waals surface area contributed by atoms with Crippen molar-refractivity contribution >= 4 is 17.5 Å². The van der Waals surface area contributed by atoms with Gasteiger partial charge in [0, 0.05) is 31.3 Å². The zero-order valence-corrected chi connectivity index (χ0v) is 9.33. The lowest BCUT2D eigenvalue weighted by Crippen LogP contribution is -2.30. The van der Waals surface area contributed by atoms with E-state index in [2.05, 4.69) is 0 Å². The van der Waals surface area contributed by atoms with E-state index in [0.29, 0.717) is 18.8 Å². The molecule has 1 amide bonds. The SMILES string of the molecule is CC(O)C1CCN(C(=O)CCCCl)C1. The zero-order chi connectivity index (χ0) is 10.6. The molecule has 1 heterocycles. The number of carbonyl (C=O) groups excluding carboxylic acids is 1. The lowest BCUT2D eigenvalue weighted by atomic mass is 10.0. The number of rotatable bonds is 4. The van der Waals surface area contributed by atoms with Crippen LogP contribution in [0, 0.1) is 5.92 Å². The number of aliphatic hydroxyl groups excluding tert-OH is 1. The molecule has 1 saturated heterocycles. The number of nitrogens with zero attached hydrogens (tertiary/aromatic N) is 1. The summed E-state index contributed by atoms with van der Waals surface area (Å²) < 4.78 is 0. The van der Waals surface area contributed by atoms with Gasteiger partial charge in [-0.25, -0.2) is 0 Å². The van der Waals surface area contributed by atoms with Crippen LogP contribution in [0.2, 0.25) is 0 Å². The second kappa shape index (κ2) is 5.56. The van der Waals surface area contributed by atoms with Gasteiger partial charge in [0.2, 0.25) is 5.91 Å². The van der Waals surface area contributed by atoms with Crippen LogP contribution in [0.5, 0.6) is 0 Å². The minimum absolute atomic E-state index is 0.175. The Labute approximate surface area is 90.0 Å². The maximum Gasteiger partial charge on any atom is 0.222 e. The highest BCUT2D eigenvalue weighted by molar-refractivity contribution is 6.17. The van der Waals surface area contributed by atoms with Crippen LogP contribution in [0.15, 0.2) is 0 Å². The maximum absolute atomic E-state index is 11.6. The van der Waals surface area contributed by atoms with Crippen LogP contribution in [0.3, 0.4) is 0 Å². The van der Waals surface area contributed by atoms with Crippen molar-refractivity contribution in [2.45, 2.75) is 32.3 Å². The van der Waals surface area contributed by atoms with Crippen LogP contribution < -0.4 is 0 Å². The van der Waals surface area contributed by atoms with Gasteiger partial charge in [0.05, 0.1) is 6.10 Å². The number of amides is 1. The molecule has 0 aliphatic carbocycles. The summed E-state index contributed by atoms with van der Waals surface area (Å²) in [5.41, 5.74) is 0. The van der Waals surface area contributed by atoms with Crippen molar-refractivity contribution in [1.29, 1.82) is 0 Å². The summed E-state index contributed by atoms with van der Waals surface area (Å²) >= 11 is 5.52. The normalized spacial score (nSPS) is 23.9. The van der Waals surface area contributed by atoms with Gasteiger partial charge in [0.15, 0.2) is 0 Å². The van der Waals surface area contributed by atoms with Gasteiger partial charge in [-0.3, -0.25) is 4.79 Å². The Balaban J connectivity index is 2.30. The van der Waals surface area contributed by atoms with E-state index in [0.717, 1.165) is 19.4 Å². The largest absolute Gasteiger partial charge is 0.393 e. The average Bonchev–Trinajstić information content (AvgIpc) is 2.62. The molecule has 0 aromatic rings. The molecule has 2 unspecified atom stereocenters. The van der Waals surface area contributed by atoms with Crippen LogP contribution in [0.1, 0.15) is 26.2 Å². The van der Waals surface area contributed by atoms with Crippen LogP contribution in [-0.4, -0.2) is 41.0 Å². The highest BCUT2D eigenvalue weighted by atomic mass is 35.5. The highest BCUT2D eigenvalue weighted by Gasteiger charge is 2.28. The van der Waals surface area contributed by atoms with Crippen molar-refractivity contribution in [3.63, 3.8) is 0 Å². The van der Waals surface area contributed by atoms with Crippen LogP contribution in [0.25, 0.3) is 0 Å². The van der Waals surface area contributed by atoms with Crippen LogP contribution in [-0.2, 0) is 4.79 Å². The molecule has 1 N–H and O–H groups in total. The van der Waals surface area contributed by atoms with E-state index in [1.165, 1.54) is 0 Å². The second-order valence-corrected chi connectivity index (χ2v) is 4.30. The molecule has 1 aliphatic heterocycles. The van der Waals surface area contributed by atoms with Crippen molar-refractivity contribution in [3.8, 4) is 0 Å². The fourth-order valence-corrected chi connectivity index (χ4v) is 1.92. The Morgan fingerprint density at radius 1 is 1.71 bits per heavy atom. The van der Waals surface area contributed by atoms with Crippen molar-refractivity contribution in [1.82, 2.24) is 4.90 Å². The molecule has 1 aliphatic rings. The first-order valence-electron chi connectivity index (χ1n) is 5.17. The zero-order valence-electron chi connectivity index (χ0n) is 8.58. The minimum atomic E-state index is -0.305. The Hall–Kier alpha value is -0.280. The molecule has 4 heteroatoms. The third-order valence-corrected chi connectivity index (χ3v) is 3.05. The molecule has 14 heavy (non-hydrogen) atoms. The summed E-state index contributed by atoms with van der Waals surface area (Å²) in [5.74, 6) is 0.975. The predicted octanol–water partition coefficient (Wildman–Crippen LogP) is 1.23. The third-order valence-electron chi connectivity index (χ3n) is 2.78. The van der Waals surface area contributed by atoms with E-state index in [9.17, 15) is 9.90 Å². The quantitative estimate of drug-likeness (QED) is 0.723. The molecule has 0 saturated carbocycles. The Bertz CT molecular complexity index is 197. The summed E-state index contributed by atoms with van der Waals surface area (Å²) in [6.07, 6.45) is 1.90. The highest BCUT2D eigenvalue weighted by Crippen LogP contribution is 2.20. The van der Waals surface area contributed by atoms with Gasteiger partial charge < -0.3 is 10.0 Å². The van der Waals surface area contributed by atoms with Crippen molar-refractivity contribution in [2.75, 3.05) is 19.0 Å². The van der Waals surface area contributed by atoms with Crippen LogP contribution in [0.4, 0.5) is 0 Å². The van der Waals surface area contributed by atoms with E-state index >= 15 is 0 Å². The van der Waals surface area contributed by atoms with Gasteiger partial charge in [-0.2, -0.15) is 0 Å². The number of halogens is 1. The number of carbonyl (C=O) groups is 1. The first-order chi connectivity index (χ1) is 6.65. The summed E-state index contributed by atoms with van der Waals surface area (Å²) in [5, 5.41) is 9.37. The van der Waals surface area contributed by atoms with Gasteiger partial charge >= 0.3 is 0 Å². The molecule has 0 bridgehead atoms. The number of alkyl halides is 1. The summed E-state index contributed by atoms with van der Waals surface area (Å²) in [4.78, 5) is 13.4. The molecule has 0 aromatic carbocycles. The fraction of sp³-hybridized carbons (Fsp3) is 0.900. The van der Waals surface area contributed by atoms with Crippen molar-refractivity contribution in [3.05, 3.63) is 0 Å². The molecule has 0 aromatic heterocycles. The topological polar surface area (TPSA) is 40.5 Å². The van der Waals surface area contributed by atoms with Gasteiger partial charge in [-0.1, -0.05) is 0 Å². The minimum Gasteiger partial charge on any atom is -0.393 e. The van der Waals surface area contributed by atoms with E-state index in [4.69, 9.17) is 11.6 Å². The Morgan fingerprint density at radius 2 is 2.43 bits per heavy atom. The van der Waals surface area contributed by atoms with Gasteiger partial charge in [0.1, 0.15) is 0 Å². The molecule has 1 fully saturated rings. The number of hydrogen-bond acceptors (Lipinski definition) is 2. The average molecular weight is 220 g/mol. The van der Waals surface area contributed by atoms with Gasteiger partial charge in [0.25, 0.3) is 0 Å². The second-order valence-electron chi connectivity index (χ2n) is 3.92. The summed E-state index contributed by atoms with van der Waals surface area (Å²) in [7, 11) is 0. The van der Waals surface area contributed by atoms with Gasteiger partial charge in [-0.15, -0.1) is 11.6 Å². The first-order valence-corrected chi connectivity index (χ1v) is 5.70. The molecule has 82 valence electrons. The standard InChI is InChI=1S/C10H18ClNO2/c1-8(13)9-4-6-12(7-9)10(14)3-2-5-11/h8-9,13H,2-7H2,1H3. The van der Waals surface area contributed by atoms with E-state index in [1.54, 1.807) is 6.92 Å². The number of hydrogen-bond donors (Lipinski definition) is 1. The van der Waals surface area contributed by atoms with Crippen LogP contribution >= 0.6 is 11.6 Å². The lowest BCUT2D eigenvalue weighted by Gasteiger charge is -2.17. The smallest absolute Gasteiger partial charge is 0.222 e. The number of aliphatic hydroxyl groups is 1. The van der Waals surface area contributed by atoms with E-state index in [-0.39, 0.29) is 17.9 Å². The molecule has 0 radical (unpaired) electrons.